The summed E-state index contributed by atoms with van der Waals surface area (Å²) in [6, 6.07) is 0. The number of anilines is 1. The van der Waals surface area contributed by atoms with Gasteiger partial charge in [0.15, 0.2) is 0 Å². The molecule has 2 saturated heterocycles. The highest BCUT2D eigenvalue weighted by atomic mass is 35.5. The lowest BCUT2D eigenvalue weighted by Crippen LogP contribution is -2.51. The average Bonchev–Trinajstić information content (AvgIpc) is 3.31. The Bertz CT molecular complexity index is 734. The summed E-state index contributed by atoms with van der Waals surface area (Å²) in [6.07, 6.45) is 9.05. The van der Waals surface area contributed by atoms with Crippen LogP contribution < -0.4 is 10.2 Å². The molecule has 2 aromatic rings. The first-order chi connectivity index (χ1) is 12.2. The van der Waals surface area contributed by atoms with E-state index in [1.807, 2.05) is 24.3 Å². The number of hydrogen-bond donors (Lipinski definition) is 1. The van der Waals surface area contributed by atoms with E-state index in [0.29, 0.717) is 0 Å². The van der Waals surface area contributed by atoms with Gasteiger partial charge in [-0.05, 0) is 5.56 Å². The number of amides is 1. The number of aromatic nitrogens is 4. The molecule has 0 bridgehead atoms. The number of rotatable bonds is 3. The molecule has 8 nitrogen and oxygen atoms in total. The van der Waals surface area contributed by atoms with Crippen molar-refractivity contribution in [3.8, 4) is 0 Å². The molecule has 0 aliphatic carbocycles. The van der Waals surface area contributed by atoms with Crippen molar-refractivity contribution in [2.45, 2.75) is 5.92 Å². The third kappa shape index (κ3) is 4.51. The minimum absolute atomic E-state index is 0. The fourth-order valence-electron chi connectivity index (χ4n) is 3.77. The number of halogens is 2. The lowest BCUT2D eigenvalue weighted by atomic mass is 9.89. The van der Waals surface area contributed by atoms with Gasteiger partial charge in [0.1, 0.15) is 5.82 Å². The molecule has 0 saturated carbocycles. The number of aryl methyl sites for hydroxylation is 1. The van der Waals surface area contributed by atoms with E-state index in [2.05, 4.69) is 25.3 Å². The maximum absolute atomic E-state index is 13.0. The molecule has 148 valence electrons. The van der Waals surface area contributed by atoms with Crippen LogP contribution in [0.5, 0.6) is 0 Å². The number of piperazine rings is 1. The highest BCUT2D eigenvalue weighted by molar-refractivity contribution is 5.85. The fourth-order valence-corrected chi connectivity index (χ4v) is 3.77. The first-order valence-electron chi connectivity index (χ1n) is 8.71. The zero-order chi connectivity index (χ0) is 17.2. The van der Waals surface area contributed by atoms with Gasteiger partial charge >= 0.3 is 0 Å². The van der Waals surface area contributed by atoms with Crippen molar-refractivity contribution in [2.75, 3.05) is 44.2 Å². The van der Waals surface area contributed by atoms with Crippen molar-refractivity contribution in [1.29, 1.82) is 0 Å². The summed E-state index contributed by atoms with van der Waals surface area (Å²) in [4.78, 5) is 25.7. The van der Waals surface area contributed by atoms with Crippen LogP contribution in [0.1, 0.15) is 11.5 Å². The van der Waals surface area contributed by atoms with Gasteiger partial charge in [-0.2, -0.15) is 5.10 Å². The average molecular weight is 414 g/mol. The number of carbonyl (C=O) groups is 1. The maximum atomic E-state index is 13.0. The van der Waals surface area contributed by atoms with Gasteiger partial charge in [-0.1, -0.05) is 0 Å². The van der Waals surface area contributed by atoms with Crippen LogP contribution in [0.4, 0.5) is 5.82 Å². The summed E-state index contributed by atoms with van der Waals surface area (Å²) in [5, 5.41) is 7.63. The van der Waals surface area contributed by atoms with E-state index in [1.54, 1.807) is 23.3 Å². The monoisotopic (exact) mass is 413 g/mol. The quantitative estimate of drug-likeness (QED) is 0.797. The number of carbonyl (C=O) groups excluding carboxylic acids is 1. The minimum Gasteiger partial charge on any atom is -0.352 e. The Morgan fingerprint density at radius 3 is 2.52 bits per heavy atom. The number of hydrogen-bond acceptors (Lipinski definition) is 6. The van der Waals surface area contributed by atoms with Crippen LogP contribution in [-0.2, 0) is 11.8 Å². The number of nitrogens with zero attached hydrogens (tertiary/aromatic N) is 6. The zero-order valence-electron chi connectivity index (χ0n) is 15.2. The molecule has 10 heteroatoms. The largest absolute Gasteiger partial charge is 0.352 e. The topological polar surface area (TPSA) is 79.2 Å². The maximum Gasteiger partial charge on any atom is 0.227 e. The van der Waals surface area contributed by atoms with Gasteiger partial charge in [0.05, 0.1) is 18.3 Å². The van der Waals surface area contributed by atoms with Crippen LogP contribution >= 0.6 is 24.8 Å². The van der Waals surface area contributed by atoms with E-state index in [0.717, 1.165) is 50.6 Å². The lowest BCUT2D eigenvalue weighted by molar-refractivity contribution is -0.135. The van der Waals surface area contributed by atoms with E-state index in [1.165, 1.54) is 0 Å². The van der Waals surface area contributed by atoms with Crippen molar-refractivity contribution in [2.24, 2.45) is 13.0 Å². The first-order valence-corrected chi connectivity index (χ1v) is 8.71. The Morgan fingerprint density at radius 1 is 1.11 bits per heavy atom. The van der Waals surface area contributed by atoms with Crippen LogP contribution in [0, 0.1) is 5.92 Å². The Hall–Kier alpha value is -1.90. The SMILES string of the molecule is Cl.Cl.Cn1cc([C@H]2CNC[C@@H]2C(=O)N2CCN(c3cnccn3)CC2)cn1. The molecule has 2 aliphatic rings. The Morgan fingerprint density at radius 2 is 1.89 bits per heavy atom. The molecule has 0 unspecified atom stereocenters. The predicted molar refractivity (Wildman–Crippen MR) is 108 cm³/mol. The molecule has 0 aromatic carbocycles. The zero-order valence-corrected chi connectivity index (χ0v) is 16.8. The molecule has 1 N–H and O–H groups in total. The molecule has 1 amide bonds. The van der Waals surface area contributed by atoms with Gasteiger partial charge < -0.3 is 15.1 Å². The summed E-state index contributed by atoms with van der Waals surface area (Å²) in [5.74, 6) is 1.33. The number of nitrogens with one attached hydrogen (secondary N) is 1. The molecule has 27 heavy (non-hydrogen) atoms. The molecule has 2 atom stereocenters. The second kappa shape index (κ2) is 9.34. The third-order valence-corrected chi connectivity index (χ3v) is 5.15. The van der Waals surface area contributed by atoms with Crippen LogP contribution in [0.2, 0.25) is 0 Å². The summed E-state index contributed by atoms with van der Waals surface area (Å²) in [5.41, 5.74) is 1.14. The van der Waals surface area contributed by atoms with Gasteiger partial charge in [-0.25, -0.2) is 4.98 Å². The van der Waals surface area contributed by atoms with Gasteiger partial charge in [0.2, 0.25) is 5.91 Å². The molecule has 0 spiro atoms. The third-order valence-electron chi connectivity index (χ3n) is 5.15. The van der Waals surface area contributed by atoms with Gasteiger partial charge in [0, 0.05) is 70.8 Å². The van der Waals surface area contributed by atoms with E-state index in [4.69, 9.17) is 0 Å². The summed E-state index contributed by atoms with van der Waals surface area (Å²) in [7, 11) is 1.91. The van der Waals surface area contributed by atoms with Crippen LogP contribution in [0.3, 0.4) is 0 Å². The molecule has 2 fully saturated rings. The van der Waals surface area contributed by atoms with Crippen molar-refractivity contribution in [1.82, 2.24) is 30.0 Å². The van der Waals surface area contributed by atoms with Crippen molar-refractivity contribution in [3.63, 3.8) is 0 Å². The summed E-state index contributed by atoms with van der Waals surface area (Å²) < 4.78 is 1.80. The second-order valence-corrected chi connectivity index (χ2v) is 6.69. The summed E-state index contributed by atoms with van der Waals surface area (Å²) >= 11 is 0. The van der Waals surface area contributed by atoms with Crippen LogP contribution in [0.15, 0.2) is 31.0 Å². The van der Waals surface area contributed by atoms with E-state index in [-0.39, 0.29) is 42.6 Å². The molecule has 2 aliphatic heterocycles. The predicted octanol–water partition coefficient (Wildman–Crippen LogP) is 0.705. The molecule has 2 aromatic heterocycles. The Balaban J connectivity index is 0.00000131. The van der Waals surface area contributed by atoms with E-state index in [9.17, 15) is 4.79 Å². The van der Waals surface area contributed by atoms with Gasteiger partial charge in [-0.3, -0.25) is 14.5 Å². The molecular weight excluding hydrogens is 389 g/mol. The second-order valence-electron chi connectivity index (χ2n) is 6.69. The van der Waals surface area contributed by atoms with Crippen LogP contribution in [-0.4, -0.2) is 69.8 Å². The normalized spacial score (nSPS) is 22.1. The highest BCUT2D eigenvalue weighted by Gasteiger charge is 2.37. The molecule has 0 radical (unpaired) electrons. The van der Waals surface area contributed by atoms with E-state index >= 15 is 0 Å². The fraction of sp³-hybridized carbons (Fsp3) is 0.529. The van der Waals surface area contributed by atoms with Crippen molar-refractivity contribution >= 4 is 36.5 Å². The van der Waals surface area contributed by atoms with Crippen molar-refractivity contribution < 1.29 is 4.79 Å². The molecule has 4 rings (SSSR count). The van der Waals surface area contributed by atoms with Gasteiger partial charge in [-0.15, -0.1) is 24.8 Å². The molecule has 4 heterocycles. The Labute approximate surface area is 171 Å². The smallest absolute Gasteiger partial charge is 0.227 e. The standard InChI is InChI=1S/C17H23N7O.2ClH/c1-22-12-13(8-21-22)14-9-19-10-15(14)17(25)24-6-4-23(5-7-24)16-11-18-2-3-20-16;;/h2-3,8,11-12,14-15,19H,4-7,9-10H2,1H3;2*1H/t14-,15+;;/m1../s1. The minimum atomic E-state index is -0.00716. The lowest BCUT2D eigenvalue weighted by Gasteiger charge is -2.37. The van der Waals surface area contributed by atoms with Crippen molar-refractivity contribution in [3.05, 3.63) is 36.5 Å². The van der Waals surface area contributed by atoms with Gasteiger partial charge in [0.25, 0.3) is 0 Å². The Kier molecular flexibility index (Phi) is 7.41. The summed E-state index contributed by atoms with van der Waals surface area (Å²) in [6.45, 7) is 4.62. The molecular formula is C17H25Cl2N7O. The van der Waals surface area contributed by atoms with Crippen LogP contribution in [0.25, 0.3) is 0 Å². The first kappa shape index (κ1) is 21.4. The highest BCUT2D eigenvalue weighted by Crippen LogP contribution is 2.29. The van der Waals surface area contributed by atoms with E-state index < -0.39 is 0 Å².